The molecule has 0 radical (unpaired) electrons. The van der Waals surface area contributed by atoms with Crippen LogP contribution < -0.4 is 10.2 Å². The van der Waals surface area contributed by atoms with Crippen LogP contribution in [0, 0.1) is 6.92 Å². The maximum absolute atomic E-state index is 12.1. The Labute approximate surface area is 180 Å². The Morgan fingerprint density at radius 3 is 2.20 bits per heavy atom. The lowest BCUT2D eigenvalue weighted by Gasteiger charge is -2.36. The Hall–Kier alpha value is -3.11. The molecule has 4 heteroatoms. The molecule has 0 atom stereocenters. The third kappa shape index (κ3) is 5.94. The molecule has 30 heavy (non-hydrogen) atoms. The predicted octanol–water partition coefficient (Wildman–Crippen LogP) is 4.23. The molecule has 0 spiro atoms. The number of carbonyl (C=O) groups excluding carboxylic acids is 1. The quantitative estimate of drug-likeness (QED) is 0.531. The fraction of sp³-hybridized carbons (Fsp3) is 0.269. The van der Waals surface area contributed by atoms with Crippen LogP contribution in [0.15, 0.2) is 85.5 Å². The van der Waals surface area contributed by atoms with Gasteiger partial charge < -0.3 is 10.2 Å². The molecule has 0 saturated carbocycles. The molecule has 0 aromatic heterocycles. The van der Waals surface area contributed by atoms with Crippen LogP contribution in [0.2, 0.25) is 0 Å². The number of benzene rings is 2. The first-order valence-electron chi connectivity index (χ1n) is 10.4. The topological polar surface area (TPSA) is 35.6 Å². The molecule has 1 saturated heterocycles. The van der Waals surface area contributed by atoms with Crippen molar-refractivity contribution in [1.29, 1.82) is 0 Å². The molecular weight excluding hydrogens is 370 g/mol. The van der Waals surface area contributed by atoms with Gasteiger partial charge in [0.05, 0.1) is 0 Å². The fourth-order valence-corrected chi connectivity index (χ4v) is 3.59. The highest BCUT2D eigenvalue weighted by Gasteiger charge is 2.17. The minimum atomic E-state index is -0.140. The molecule has 0 bridgehead atoms. The predicted molar refractivity (Wildman–Crippen MR) is 125 cm³/mol. The summed E-state index contributed by atoms with van der Waals surface area (Å²) in [6.45, 7) is 15.1. The minimum Gasteiger partial charge on any atom is -0.369 e. The van der Waals surface area contributed by atoms with E-state index in [1.807, 2.05) is 0 Å². The van der Waals surface area contributed by atoms with E-state index in [4.69, 9.17) is 0 Å². The molecule has 1 fully saturated rings. The first-order valence-corrected chi connectivity index (χ1v) is 10.4. The number of carbonyl (C=O) groups is 1. The van der Waals surface area contributed by atoms with Gasteiger partial charge in [-0.1, -0.05) is 73.3 Å². The van der Waals surface area contributed by atoms with Crippen LogP contribution in [0.5, 0.6) is 0 Å². The lowest BCUT2D eigenvalue weighted by atomic mass is 10.1. The standard InChI is InChI=1S/C26H31N3O/c1-4-6-24(5-2)26(30)27-19-22-11-13-25(14-12-22)29-17-15-28(16-18-29)20-23-9-7-21(3)8-10-23/h4-14H,1-2,15-20H2,3H3,(H,27,30)/b24-6+. The van der Waals surface area contributed by atoms with Gasteiger partial charge >= 0.3 is 0 Å². The van der Waals surface area contributed by atoms with Gasteiger partial charge in [-0.2, -0.15) is 0 Å². The van der Waals surface area contributed by atoms with Crippen molar-refractivity contribution in [3.05, 3.63) is 102 Å². The van der Waals surface area contributed by atoms with Crippen molar-refractivity contribution in [2.24, 2.45) is 0 Å². The van der Waals surface area contributed by atoms with Crippen molar-refractivity contribution in [1.82, 2.24) is 10.2 Å². The Morgan fingerprint density at radius 2 is 1.60 bits per heavy atom. The Bertz CT molecular complexity index is 889. The van der Waals surface area contributed by atoms with Crippen LogP contribution in [0.25, 0.3) is 0 Å². The van der Waals surface area contributed by atoms with Crippen LogP contribution in [-0.4, -0.2) is 37.0 Å². The van der Waals surface area contributed by atoms with Gasteiger partial charge in [0.25, 0.3) is 5.91 Å². The van der Waals surface area contributed by atoms with Gasteiger partial charge in [0, 0.05) is 50.5 Å². The van der Waals surface area contributed by atoms with Gasteiger partial charge in [-0.05, 0) is 30.2 Å². The zero-order chi connectivity index (χ0) is 21.3. The molecule has 1 heterocycles. The fourth-order valence-electron chi connectivity index (χ4n) is 3.59. The zero-order valence-corrected chi connectivity index (χ0v) is 17.8. The normalized spacial score (nSPS) is 15.0. The summed E-state index contributed by atoms with van der Waals surface area (Å²) in [7, 11) is 0. The van der Waals surface area contributed by atoms with E-state index in [9.17, 15) is 4.79 Å². The van der Waals surface area contributed by atoms with E-state index in [2.05, 4.69) is 83.7 Å². The van der Waals surface area contributed by atoms with Gasteiger partial charge in [0.2, 0.25) is 0 Å². The summed E-state index contributed by atoms with van der Waals surface area (Å²) in [5.74, 6) is -0.140. The molecular formula is C26H31N3O. The average molecular weight is 402 g/mol. The number of piperazine rings is 1. The van der Waals surface area contributed by atoms with E-state index in [1.165, 1.54) is 16.8 Å². The second kappa shape index (κ2) is 10.6. The second-order valence-corrected chi connectivity index (χ2v) is 7.66. The molecule has 1 amide bonds. The number of hydrogen-bond acceptors (Lipinski definition) is 3. The van der Waals surface area contributed by atoms with Crippen LogP contribution in [0.3, 0.4) is 0 Å². The summed E-state index contributed by atoms with van der Waals surface area (Å²) < 4.78 is 0. The van der Waals surface area contributed by atoms with E-state index >= 15 is 0 Å². The average Bonchev–Trinajstić information content (AvgIpc) is 2.78. The molecule has 2 aromatic rings. The molecule has 0 aliphatic carbocycles. The third-order valence-electron chi connectivity index (χ3n) is 5.43. The molecule has 156 valence electrons. The van der Waals surface area contributed by atoms with E-state index < -0.39 is 0 Å². The highest BCUT2D eigenvalue weighted by molar-refractivity contribution is 5.96. The summed E-state index contributed by atoms with van der Waals surface area (Å²) in [5.41, 5.74) is 5.51. The molecule has 3 rings (SSSR count). The lowest BCUT2D eigenvalue weighted by Crippen LogP contribution is -2.45. The largest absolute Gasteiger partial charge is 0.369 e. The maximum atomic E-state index is 12.1. The number of aryl methyl sites for hydroxylation is 1. The van der Waals surface area contributed by atoms with E-state index in [-0.39, 0.29) is 5.91 Å². The number of anilines is 1. The van der Waals surface area contributed by atoms with Gasteiger partial charge in [0.15, 0.2) is 0 Å². The van der Waals surface area contributed by atoms with E-state index in [0.29, 0.717) is 12.1 Å². The summed E-state index contributed by atoms with van der Waals surface area (Å²) >= 11 is 0. The molecule has 4 nitrogen and oxygen atoms in total. The number of hydrogen-bond donors (Lipinski definition) is 1. The third-order valence-corrected chi connectivity index (χ3v) is 5.43. The van der Waals surface area contributed by atoms with Crippen molar-refractivity contribution in [2.45, 2.75) is 20.0 Å². The van der Waals surface area contributed by atoms with Crippen molar-refractivity contribution >= 4 is 11.6 Å². The highest BCUT2D eigenvalue weighted by Crippen LogP contribution is 2.18. The van der Waals surface area contributed by atoms with Gasteiger partial charge in [0.1, 0.15) is 0 Å². The first kappa shape index (κ1) is 21.6. The Kier molecular flexibility index (Phi) is 7.63. The van der Waals surface area contributed by atoms with Crippen LogP contribution in [0.4, 0.5) is 5.69 Å². The minimum absolute atomic E-state index is 0.140. The smallest absolute Gasteiger partial charge is 0.251 e. The van der Waals surface area contributed by atoms with Crippen LogP contribution in [0.1, 0.15) is 16.7 Å². The number of amides is 1. The lowest BCUT2D eigenvalue weighted by molar-refractivity contribution is -0.117. The second-order valence-electron chi connectivity index (χ2n) is 7.66. The highest BCUT2D eigenvalue weighted by atomic mass is 16.1. The SMILES string of the molecule is C=C/C=C(\C=C)C(=O)NCc1ccc(N2CCN(Cc3ccc(C)cc3)CC2)cc1. The van der Waals surface area contributed by atoms with Crippen molar-refractivity contribution in [2.75, 3.05) is 31.1 Å². The zero-order valence-electron chi connectivity index (χ0n) is 17.8. The van der Waals surface area contributed by atoms with Crippen LogP contribution >= 0.6 is 0 Å². The van der Waals surface area contributed by atoms with Crippen LogP contribution in [-0.2, 0) is 17.9 Å². The van der Waals surface area contributed by atoms with Crippen molar-refractivity contribution < 1.29 is 4.79 Å². The molecule has 2 aromatic carbocycles. The van der Waals surface area contributed by atoms with Crippen molar-refractivity contribution in [3.8, 4) is 0 Å². The number of rotatable bonds is 8. The number of allylic oxidation sites excluding steroid dienone is 2. The van der Waals surface area contributed by atoms with Crippen molar-refractivity contribution in [3.63, 3.8) is 0 Å². The summed E-state index contributed by atoms with van der Waals surface area (Å²) in [4.78, 5) is 17.1. The van der Waals surface area contributed by atoms with Gasteiger partial charge in [-0.15, -0.1) is 0 Å². The van der Waals surface area contributed by atoms with Gasteiger partial charge in [-0.3, -0.25) is 9.69 Å². The summed E-state index contributed by atoms with van der Waals surface area (Å²) in [5, 5.41) is 2.92. The number of nitrogens with zero attached hydrogens (tertiary/aromatic N) is 2. The first-order chi connectivity index (χ1) is 14.6. The molecule has 1 N–H and O–H groups in total. The Morgan fingerprint density at radius 1 is 0.967 bits per heavy atom. The Balaban J connectivity index is 1.48. The van der Waals surface area contributed by atoms with E-state index in [1.54, 1.807) is 18.2 Å². The van der Waals surface area contributed by atoms with E-state index in [0.717, 1.165) is 38.3 Å². The summed E-state index contributed by atoms with van der Waals surface area (Å²) in [6, 6.07) is 17.3. The maximum Gasteiger partial charge on any atom is 0.251 e. The monoisotopic (exact) mass is 401 g/mol. The molecule has 1 aliphatic heterocycles. The number of nitrogens with one attached hydrogen (secondary N) is 1. The molecule has 1 aliphatic rings. The van der Waals surface area contributed by atoms with Gasteiger partial charge in [-0.25, -0.2) is 0 Å². The molecule has 0 unspecified atom stereocenters. The summed E-state index contributed by atoms with van der Waals surface area (Å²) in [6.07, 6.45) is 4.79.